The summed E-state index contributed by atoms with van der Waals surface area (Å²) in [6.07, 6.45) is 4.43. The van der Waals surface area contributed by atoms with Gasteiger partial charge in [0.15, 0.2) is 0 Å². The number of nitrogens with zero attached hydrogens (tertiary/aromatic N) is 2. The molecule has 138 valence electrons. The van der Waals surface area contributed by atoms with Gasteiger partial charge in [-0.15, -0.1) is 0 Å². The second kappa shape index (κ2) is 9.03. The van der Waals surface area contributed by atoms with Crippen LogP contribution in [0.5, 0.6) is 5.88 Å². The van der Waals surface area contributed by atoms with E-state index >= 15 is 0 Å². The van der Waals surface area contributed by atoms with Gasteiger partial charge in [-0.25, -0.2) is 0 Å². The molecule has 0 atom stereocenters. The fourth-order valence-electron chi connectivity index (χ4n) is 1.96. The zero-order valence-electron chi connectivity index (χ0n) is 13.5. The second-order valence-corrected chi connectivity index (χ2v) is 5.81. The number of fused-ring (bicyclic) bond motifs is 1. The summed E-state index contributed by atoms with van der Waals surface area (Å²) in [7, 11) is -2.96. The fraction of sp³-hybridized carbons (Fsp3) is 0.214. The number of H-pyrrole nitrogens is 1. The normalized spacial score (nSPS) is 10.6. The molecule has 0 aliphatic carbocycles. The highest BCUT2D eigenvalue weighted by molar-refractivity contribution is 7.79. The molecule has 0 bridgehead atoms. The maximum absolute atomic E-state index is 8.74. The van der Waals surface area contributed by atoms with Crippen molar-refractivity contribution >= 4 is 27.3 Å². The number of hydrogen-bond acceptors (Lipinski definition) is 6. The lowest BCUT2D eigenvalue weighted by Gasteiger charge is -1.93. The topological polar surface area (TPSA) is 180 Å². The first kappa shape index (κ1) is 20.4. The molecular formula is C14H21N5O5S. The number of aryl methyl sites for hydroxylation is 1. The molecule has 2 heterocycles. The van der Waals surface area contributed by atoms with Gasteiger partial charge in [-0.1, -0.05) is 18.2 Å². The number of hydrogen-bond donors (Lipinski definition) is 6. The van der Waals surface area contributed by atoms with Crippen LogP contribution in [0.25, 0.3) is 10.9 Å². The zero-order chi connectivity index (χ0) is 19.0. The predicted molar refractivity (Wildman–Crippen MR) is 94.5 cm³/mol. The average Bonchev–Trinajstić information content (AvgIpc) is 3.02. The van der Waals surface area contributed by atoms with Gasteiger partial charge < -0.3 is 26.1 Å². The molecule has 0 aliphatic rings. The summed E-state index contributed by atoms with van der Waals surface area (Å²) in [4.78, 5) is 6.72. The largest absolute Gasteiger partial charge is 0.492 e. The number of rotatable bonds is 2. The van der Waals surface area contributed by atoms with Crippen LogP contribution in [-0.4, -0.2) is 43.7 Å². The first-order valence-electron chi connectivity index (χ1n) is 7.04. The number of imidazole rings is 1. The summed E-state index contributed by atoms with van der Waals surface area (Å²) in [5.41, 5.74) is 13.2. The summed E-state index contributed by atoms with van der Waals surface area (Å²) in [6.45, 7) is 0.710. The van der Waals surface area contributed by atoms with E-state index < -0.39 is 10.4 Å². The van der Waals surface area contributed by atoms with Crippen molar-refractivity contribution in [3.8, 4) is 5.88 Å². The molecule has 0 radical (unpaired) electrons. The van der Waals surface area contributed by atoms with E-state index in [1.807, 2.05) is 12.3 Å². The quantitative estimate of drug-likeness (QED) is 0.356. The lowest BCUT2D eigenvalue weighted by atomic mass is 10.1. The van der Waals surface area contributed by atoms with Crippen molar-refractivity contribution in [2.24, 2.45) is 12.8 Å². The molecule has 0 spiro atoms. The third kappa shape index (κ3) is 7.67. The van der Waals surface area contributed by atoms with Gasteiger partial charge in [0.2, 0.25) is 11.8 Å². The molecule has 0 unspecified atom stereocenters. The highest BCUT2D eigenvalue weighted by Gasteiger charge is 2.00. The Hall–Kier alpha value is -2.60. The minimum Gasteiger partial charge on any atom is -0.492 e. The number of aromatic amines is 1. The Kier molecular flexibility index (Phi) is 7.39. The molecule has 3 rings (SSSR count). The molecule has 0 amide bonds. The van der Waals surface area contributed by atoms with Crippen molar-refractivity contribution in [3.05, 3.63) is 42.2 Å². The molecule has 3 aromatic rings. The summed E-state index contributed by atoms with van der Waals surface area (Å²) in [5, 5.41) is 9.92. The van der Waals surface area contributed by atoms with Gasteiger partial charge in [0.1, 0.15) is 0 Å². The Labute approximate surface area is 144 Å². The molecule has 0 aliphatic heterocycles. The number of nitrogens with one attached hydrogen (secondary N) is 1. The van der Waals surface area contributed by atoms with Crippen molar-refractivity contribution in [3.63, 3.8) is 0 Å². The van der Waals surface area contributed by atoms with E-state index in [4.69, 9.17) is 34.1 Å². The average molecular weight is 371 g/mol. The van der Waals surface area contributed by atoms with Crippen LogP contribution in [0.15, 0.2) is 36.7 Å². The molecule has 11 heteroatoms. The number of aromatic nitrogens is 3. The second-order valence-electron chi connectivity index (χ2n) is 4.91. The summed E-state index contributed by atoms with van der Waals surface area (Å²) in [6, 6.07) is 8.29. The van der Waals surface area contributed by atoms with Crippen LogP contribution < -0.4 is 11.5 Å². The van der Waals surface area contributed by atoms with Crippen molar-refractivity contribution in [1.29, 1.82) is 0 Å². The van der Waals surface area contributed by atoms with E-state index in [-0.39, 0.29) is 5.88 Å². The minimum atomic E-state index is -4.67. The third-order valence-corrected chi connectivity index (χ3v) is 2.99. The highest BCUT2D eigenvalue weighted by Crippen LogP contribution is 2.17. The number of benzene rings is 1. The molecule has 2 aromatic heterocycles. The minimum absolute atomic E-state index is 0.0370. The first-order valence-corrected chi connectivity index (χ1v) is 8.44. The summed E-state index contributed by atoms with van der Waals surface area (Å²) in [5.74, 6) is 0.285. The Bertz CT molecular complexity index is 876. The molecule has 10 nitrogen and oxygen atoms in total. The third-order valence-electron chi connectivity index (χ3n) is 2.99. The summed E-state index contributed by atoms with van der Waals surface area (Å²) < 4.78 is 33.1. The number of aromatic hydroxyl groups is 1. The Balaban J connectivity index is 0.000000209. The van der Waals surface area contributed by atoms with E-state index in [1.54, 1.807) is 7.05 Å². The van der Waals surface area contributed by atoms with E-state index in [9.17, 15) is 0 Å². The molecule has 0 saturated heterocycles. The molecular weight excluding hydrogens is 350 g/mol. The maximum Gasteiger partial charge on any atom is 0.394 e. The fourth-order valence-corrected chi connectivity index (χ4v) is 1.96. The zero-order valence-corrected chi connectivity index (χ0v) is 14.3. The van der Waals surface area contributed by atoms with Crippen LogP contribution in [0.2, 0.25) is 0 Å². The van der Waals surface area contributed by atoms with E-state index in [0.29, 0.717) is 12.5 Å². The molecule has 25 heavy (non-hydrogen) atoms. The summed E-state index contributed by atoms with van der Waals surface area (Å²) >= 11 is 0. The molecule has 8 N–H and O–H groups in total. The SMILES string of the molecule is Cn1cc(O)nc1N.NCCc1c[nH]c2ccccc12.O=S(=O)(O)O. The van der Waals surface area contributed by atoms with Gasteiger partial charge in [-0.2, -0.15) is 13.4 Å². The van der Waals surface area contributed by atoms with E-state index in [0.717, 1.165) is 6.42 Å². The number of nitrogens with two attached hydrogens (primary N) is 2. The molecule has 1 aromatic carbocycles. The monoisotopic (exact) mass is 371 g/mol. The lowest BCUT2D eigenvalue weighted by molar-refractivity contribution is 0.381. The van der Waals surface area contributed by atoms with Gasteiger partial charge >= 0.3 is 10.4 Å². The van der Waals surface area contributed by atoms with Crippen molar-refractivity contribution in [1.82, 2.24) is 14.5 Å². The van der Waals surface area contributed by atoms with Crippen LogP contribution in [0, 0.1) is 0 Å². The van der Waals surface area contributed by atoms with E-state index in [2.05, 4.69) is 28.2 Å². The van der Waals surface area contributed by atoms with Crippen molar-refractivity contribution in [2.75, 3.05) is 12.3 Å². The van der Waals surface area contributed by atoms with Crippen LogP contribution >= 0.6 is 0 Å². The van der Waals surface area contributed by atoms with Gasteiger partial charge in [0.05, 0.1) is 6.20 Å². The van der Waals surface area contributed by atoms with Gasteiger partial charge in [-0.3, -0.25) is 9.11 Å². The van der Waals surface area contributed by atoms with E-state index in [1.165, 1.54) is 27.2 Å². The number of nitrogen functional groups attached to an aromatic ring is 1. The highest BCUT2D eigenvalue weighted by atomic mass is 32.3. The molecule has 0 fully saturated rings. The van der Waals surface area contributed by atoms with Crippen LogP contribution in [0.1, 0.15) is 5.56 Å². The van der Waals surface area contributed by atoms with Gasteiger partial charge in [0, 0.05) is 24.1 Å². The van der Waals surface area contributed by atoms with Crippen molar-refractivity contribution < 1.29 is 22.6 Å². The predicted octanol–water partition coefficient (Wildman–Crippen LogP) is 0.724. The van der Waals surface area contributed by atoms with Gasteiger partial charge in [-0.05, 0) is 24.6 Å². The first-order chi connectivity index (χ1) is 11.6. The lowest BCUT2D eigenvalue weighted by Crippen LogP contribution is -2.01. The Morgan fingerprint density at radius 3 is 2.32 bits per heavy atom. The maximum atomic E-state index is 8.74. The smallest absolute Gasteiger partial charge is 0.394 e. The number of para-hydroxylation sites is 1. The van der Waals surface area contributed by atoms with Gasteiger partial charge in [0.25, 0.3) is 0 Å². The number of anilines is 1. The Morgan fingerprint density at radius 2 is 1.88 bits per heavy atom. The Morgan fingerprint density at radius 1 is 1.28 bits per heavy atom. The van der Waals surface area contributed by atoms with Crippen molar-refractivity contribution in [2.45, 2.75) is 6.42 Å². The molecule has 0 saturated carbocycles. The van der Waals surface area contributed by atoms with Crippen LogP contribution in [0.4, 0.5) is 5.95 Å². The standard InChI is InChI=1S/C10H12N2.C4H7N3O.H2O4S/c11-6-5-8-7-12-10-4-2-1-3-9(8)10;1-7-2-3(8)6-4(7)5;1-5(2,3)4/h1-4,7,12H,5-6,11H2;2,8H,1H3,(H2,5,6);(H2,1,2,3,4). The van der Waals surface area contributed by atoms with Crippen LogP contribution in [-0.2, 0) is 23.9 Å². The van der Waals surface area contributed by atoms with Crippen LogP contribution in [0.3, 0.4) is 0 Å².